The van der Waals surface area contributed by atoms with Gasteiger partial charge in [0.25, 0.3) is 0 Å². The Morgan fingerprint density at radius 1 is 1.09 bits per heavy atom. The van der Waals surface area contributed by atoms with Crippen molar-refractivity contribution in [1.82, 2.24) is 0 Å². The van der Waals surface area contributed by atoms with Crippen LogP contribution in [-0.2, 0) is 0 Å². The van der Waals surface area contributed by atoms with Crippen LogP contribution in [0.25, 0.3) is 0 Å². The van der Waals surface area contributed by atoms with Crippen molar-refractivity contribution in [2.75, 3.05) is 3.53 Å². The third-order valence-corrected chi connectivity index (χ3v) is 1.72. The van der Waals surface area contributed by atoms with Gasteiger partial charge in [-0.1, -0.05) is 0 Å². The van der Waals surface area contributed by atoms with E-state index in [-0.39, 0.29) is 5.69 Å². The highest BCUT2D eigenvalue weighted by atomic mass is 127. The predicted octanol–water partition coefficient (Wildman–Crippen LogP) is 2.87. The first kappa shape index (κ1) is 8.63. The van der Waals surface area contributed by atoms with Gasteiger partial charge >= 0.3 is 0 Å². The summed E-state index contributed by atoms with van der Waals surface area (Å²) in [6.45, 7) is 0. The molecule has 0 amide bonds. The van der Waals surface area contributed by atoms with E-state index in [0.717, 1.165) is 12.1 Å². The Labute approximate surface area is 75.1 Å². The smallest absolute Gasteiger partial charge is 0.194 e. The van der Waals surface area contributed by atoms with Crippen LogP contribution in [0.15, 0.2) is 12.1 Å². The van der Waals surface area contributed by atoms with Crippen molar-refractivity contribution in [3.63, 3.8) is 0 Å². The molecular formula is C6H3F3IN. The first-order valence-corrected chi connectivity index (χ1v) is 3.74. The molecule has 0 aliphatic carbocycles. The van der Waals surface area contributed by atoms with Crippen LogP contribution in [0, 0.1) is 17.5 Å². The monoisotopic (exact) mass is 273 g/mol. The molecule has 0 spiro atoms. The summed E-state index contributed by atoms with van der Waals surface area (Å²) >= 11 is 1.69. The van der Waals surface area contributed by atoms with E-state index in [9.17, 15) is 13.2 Å². The Balaban J connectivity index is 3.21. The fraction of sp³-hybridized carbons (Fsp3) is 0. The van der Waals surface area contributed by atoms with Gasteiger partial charge in [0.05, 0.1) is 22.9 Å². The van der Waals surface area contributed by atoms with E-state index in [1.807, 2.05) is 0 Å². The van der Waals surface area contributed by atoms with Gasteiger partial charge in [0.1, 0.15) is 0 Å². The largest absolute Gasteiger partial charge is 0.328 e. The van der Waals surface area contributed by atoms with Crippen LogP contribution in [0.5, 0.6) is 0 Å². The number of halogens is 4. The molecule has 0 aliphatic rings. The van der Waals surface area contributed by atoms with E-state index in [1.54, 1.807) is 22.9 Å². The molecule has 0 unspecified atom stereocenters. The fourth-order valence-corrected chi connectivity index (χ4v) is 0.921. The highest BCUT2D eigenvalue weighted by molar-refractivity contribution is 14.1. The van der Waals surface area contributed by atoms with Gasteiger partial charge in [-0.15, -0.1) is 0 Å². The van der Waals surface area contributed by atoms with Gasteiger partial charge < -0.3 is 3.53 Å². The maximum Gasteiger partial charge on any atom is 0.194 e. The van der Waals surface area contributed by atoms with Crippen molar-refractivity contribution in [3.8, 4) is 0 Å². The molecule has 1 rings (SSSR count). The average Bonchev–Trinajstić information content (AvgIpc) is 1.99. The molecule has 0 saturated carbocycles. The molecule has 1 aromatic rings. The minimum absolute atomic E-state index is 0.196. The topological polar surface area (TPSA) is 12.0 Å². The predicted molar refractivity (Wildman–Crippen MR) is 44.0 cm³/mol. The molecule has 0 atom stereocenters. The van der Waals surface area contributed by atoms with E-state index in [2.05, 4.69) is 3.53 Å². The van der Waals surface area contributed by atoms with Crippen molar-refractivity contribution in [1.29, 1.82) is 0 Å². The lowest BCUT2D eigenvalue weighted by molar-refractivity contribution is 0.448. The fourth-order valence-electron chi connectivity index (χ4n) is 0.610. The van der Waals surface area contributed by atoms with E-state index in [1.165, 1.54) is 0 Å². The van der Waals surface area contributed by atoms with E-state index in [0.29, 0.717) is 0 Å². The van der Waals surface area contributed by atoms with Crippen LogP contribution in [0.4, 0.5) is 18.9 Å². The summed E-state index contributed by atoms with van der Waals surface area (Å²) in [5.41, 5.74) is 0.196. The summed E-state index contributed by atoms with van der Waals surface area (Å²) in [5.74, 6) is -3.83. The molecule has 60 valence electrons. The van der Waals surface area contributed by atoms with Crippen molar-refractivity contribution in [2.24, 2.45) is 0 Å². The Kier molecular flexibility index (Phi) is 2.58. The van der Waals surface area contributed by atoms with Gasteiger partial charge in [0.2, 0.25) is 0 Å². The molecule has 1 N–H and O–H groups in total. The molecule has 5 heteroatoms. The van der Waals surface area contributed by atoms with Crippen LogP contribution < -0.4 is 3.53 Å². The Bertz CT molecular complexity index is 254. The Morgan fingerprint density at radius 2 is 1.55 bits per heavy atom. The molecule has 11 heavy (non-hydrogen) atoms. The summed E-state index contributed by atoms with van der Waals surface area (Å²) in [6, 6.07) is 1.76. The maximum absolute atomic E-state index is 12.4. The van der Waals surface area contributed by atoms with E-state index < -0.39 is 17.5 Å². The van der Waals surface area contributed by atoms with Crippen LogP contribution in [0.1, 0.15) is 0 Å². The summed E-state index contributed by atoms with van der Waals surface area (Å²) in [7, 11) is 0. The van der Waals surface area contributed by atoms with Crippen molar-refractivity contribution < 1.29 is 13.2 Å². The minimum Gasteiger partial charge on any atom is -0.328 e. The van der Waals surface area contributed by atoms with Crippen LogP contribution in [0.2, 0.25) is 0 Å². The van der Waals surface area contributed by atoms with Crippen LogP contribution >= 0.6 is 22.9 Å². The Hall–Kier alpha value is -0.460. The number of benzene rings is 1. The maximum atomic E-state index is 12.4. The minimum atomic E-state index is -1.44. The normalized spacial score (nSPS) is 9.82. The second-order valence-corrected chi connectivity index (χ2v) is 2.39. The quantitative estimate of drug-likeness (QED) is 0.471. The molecule has 1 nitrogen and oxygen atoms in total. The van der Waals surface area contributed by atoms with Crippen LogP contribution in [0.3, 0.4) is 0 Å². The molecule has 0 radical (unpaired) electrons. The molecule has 1 aromatic carbocycles. The van der Waals surface area contributed by atoms with E-state index in [4.69, 9.17) is 0 Å². The first-order valence-electron chi connectivity index (χ1n) is 2.66. The zero-order chi connectivity index (χ0) is 8.43. The van der Waals surface area contributed by atoms with Crippen LogP contribution in [-0.4, -0.2) is 0 Å². The molecule has 0 fully saturated rings. The molecule has 0 aromatic heterocycles. The second kappa shape index (κ2) is 3.29. The number of rotatable bonds is 1. The lowest BCUT2D eigenvalue weighted by atomic mass is 10.3. The molecule has 0 saturated heterocycles. The van der Waals surface area contributed by atoms with Crippen molar-refractivity contribution >= 4 is 28.6 Å². The average molecular weight is 273 g/mol. The highest BCUT2D eigenvalue weighted by Gasteiger charge is 2.09. The summed E-state index contributed by atoms with van der Waals surface area (Å²) in [4.78, 5) is 0. The molecule has 0 aliphatic heterocycles. The lowest BCUT2D eigenvalue weighted by Gasteiger charge is -1.99. The zero-order valence-corrected chi connectivity index (χ0v) is 7.32. The molecule has 0 heterocycles. The summed E-state index contributed by atoms with van der Waals surface area (Å²) in [5, 5.41) is 0. The summed E-state index contributed by atoms with van der Waals surface area (Å²) < 4.78 is 39.5. The van der Waals surface area contributed by atoms with Gasteiger partial charge in [-0.2, -0.15) is 0 Å². The number of anilines is 1. The van der Waals surface area contributed by atoms with Gasteiger partial charge in [0.15, 0.2) is 17.5 Å². The van der Waals surface area contributed by atoms with Gasteiger partial charge in [-0.05, 0) is 0 Å². The highest BCUT2D eigenvalue weighted by Crippen LogP contribution is 2.17. The van der Waals surface area contributed by atoms with Gasteiger partial charge in [-0.3, -0.25) is 0 Å². The third-order valence-electron chi connectivity index (χ3n) is 1.09. The molecule has 0 bridgehead atoms. The lowest BCUT2D eigenvalue weighted by Crippen LogP contribution is -1.91. The standard InChI is InChI=1S/C6H3F3IN/c7-4-1-3(11-10)2-5(8)6(4)9/h1-2,11H. The third kappa shape index (κ3) is 1.76. The van der Waals surface area contributed by atoms with Gasteiger partial charge in [-0.25, -0.2) is 13.2 Å². The second-order valence-electron chi connectivity index (χ2n) is 1.85. The SMILES string of the molecule is Fc1cc(NI)cc(F)c1F. The van der Waals surface area contributed by atoms with E-state index >= 15 is 0 Å². The van der Waals surface area contributed by atoms with Crippen molar-refractivity contribution in [2.45, 2.75) is 0 Å². The number of nitrogens with one attached hydrogen (secondary N) is 1. The summed E-state index contributed by atoms with van der Waals surface area (Å²) in [6.07, 6.45) is 0. The van der Waals surface area contributed by atoms with Gasteiger partial charge in [0, 0.05) is 17.8 Å². The van der Waals surface area contributed by atoms with Crippen molar-refractivity contribution in [3.05, 3.63) is 29.6 Å². The molecular weight excluding hydrogens is 270 g/mol. The number of hydrogen-bond acceptors (Lipinski definition) is 1. The first-order chi connectivity index (χ1) is 5.15. The number of hydrogen-bond donors (Lipinski definition) is 1. The zero-order valence-electron chi connectivity index (χ0n) is 5.17. The Morgan fingerprint density at radius 3 is 1.91 bits per heavy atom.